The maximum Gasteiger partial charge on any atom is 0.157 e. The van der Waals surface area contributed by atoms with Crippen LogP contribution in [0, 0.1) is 12.3 Å². The van der Waals surface area contributed by atoms with Gasteiger partial charge in [0.2, 0.25) is 0 Å². The monoisotopic (exact) mass is 272 g/mol. The van der Waals surface area contributed by atoms with Crippen molar-refractivity contribution < 1.29 is 13.5 Å². The molecule has 0 saturated carbocycles. The van der Waals surface area contributed by atoms with E-state index in [-0.39, 0.29) is 6.42 Å². The van der Waals surface area contributed by atoms with Crippen molar-refractivity contribution in [2.45, 2.75) is 17.8 Å². The van der Waals surface area contributed by atoms with E-state index in [9.17, 15) is 13.5 Å². The molecule has 0 spiro atoms. The second-order valence-corrected chi connectivity index (χ2v) is 6.38. The minimum atomic E-state index is -3.46. The average Bonchev–Trinajstić information content (AvgIpc) is 2.15. The number of hydrogen-bond acceptors (Lipinski definition) is 3. The molecule has 92 valence electrons. The molecule has 0 aliphatic heterocycles. The molecule has 5 heteroatoms. The van der Waals surface area contributed by atoms with Crippen molar-refractivity contribution >= 4 is 21.4 Å². The van der Waals surface area contributed by atoms with Crippen molar-refractivity contribution in [1.82, 2.24) is 0 Å². The van der Waals surface area contributed by atoms with Gasteiger partial charge in [0.25, 0.3) is 0 Å². The first kappa shape index (κ1) is 14.0. The average molecular weight is 273 g/mol. The first-order valence-corrected chi connectivity index (χ1v) is 7.25. The molecule has 2 unspecified atom stereocenters. The van der Waals surface area contributed by atoms with E-state index in [1.165, 1.54) is 6.07 Å². The molecule has 0 heterocycles. The molecule has 1 aromatic carbocycles. The summed E-state index contributed by atoms with van der Waals surface area (Å²) < 4.78 is 23.4. The van der Waals surface area contributed by atoms with Crippen LogP contribution in [0.4, 0.5) is 0 Å². The Morgan fingerprint density at radius 1 is 1.53 bits per heavy atom. The zero-order valence-corrected chi connectivity index (χ0v) is 10.9. The van der Waals surface area contributed by atoms with Crippen LogP contribution in [0.3, 0.4) is 0 Å². The summed E-state index contributed by atoms with van der Waals surface area (Å²) in [5.41, 5.74) is 0.447. The minimum absolute atomic E-state index is 0.0236. The highest BCUT2D eigenvalue weighted by Crippen LogP contribution is 2.28. The molecule has 0 aromatic heterocycles. The van der Waals surface area contributed by atoms with Gasteiger partial charge in [0, 0.05) is 17.7 Å². The van der Waals surface area contributed by atoms with Gasteiger partial charge in [-0.2, -0.15) is 0 Å². The van der Waals surface area contributed by atoms with E-state index in [2.05, 4.69) is 5.92 Å². The quantitative estimate of drug-likeness (QED) is 0.851. The summed E-state index contributed by atoms with van der Waals surface area (Å²) in [6.45, 7) is 0. The van der Waals surface area contributed by atoms with Crippen molar-refractivity contribution in [3.05, 3.63) is 34.9 Å². The summed E-state index contributed by atoms with van der Waals surface area (Å²) in [6, 6.07) is 6.40. The Labute approximate surface area is 106 Å². The fraction of sp³-hybridized carbons (Fsp3) is 0.333. The number of terminal acetylenes is 1. The summed E-state index contributed by atoms with van der Waals surface area (Å²) in [6.07, 6.45) is 5.00. The maximum atomic E-state index is 11.7. The third-order valence-corrected chi connectivity index (χ3v) is 4.06. The summed E-state index contributed by atoms with van der Waals surface area (Å²) in [4.78, 5) is 0. The molecule has 1 aromatic rings. The van der Waals surface area contributed by atoms with Crippen LogP contribution in [-0.4, -0.2) is 25.9 Å². The molecule has 3 nitrogen and oxygen atoms in total. The Balaban J connectivity index is 3.22. The van der Waals surface area contributed by atoms with Gasteiger partial charge in [0.1, 0.15) is 5.25 Å². The van der Waals surface area contributed by atoms with Gasteiger partial charge in [0.15, 0.2) is 9.84 Å². The molecule has 0 aliphatic rings. The topological polar surface area (TPSA) is 54.4 Å². The number of sulfone groups is 1. The van der Waals surface area contributed by atoms with Gasteiger partial charge >= 0.3 is 0 Å². The van der Waals surface area contributed by atoms with Gasteiger partial charge in [-0.05, 0) is 17.7 Å². The van der Waals surface area contributed by atoms with E-state index in [0.29, 0.717) is 10.6 Å². The molecule has 1 N–H and O–H groups in total. The second kappa shape index (κ2) is 5.54. The summed E-state index contributed by atoms with van der Waals surface area (Å²) >= 11 is 5.80. The molecule has 0 bridgehead atoms. The first-order valence-electron chi connectivity index (χ1n) is 4.92. The highest BCUT2D eigenvalue weighted by Gasteiger charge is 2.30. The van der Waals surface area contributed by atoms with Crippen LogP contribution in [0.1, 0.15) is 17.2 Å². The number of aliphatic hydroxyl groups excluding tert-OH is 1. The molecule has 0 saturated heterocycles. The zero-order chi connectivity index (χ0) is 13.1. The smallest absolute Gasteiger partial charge is 0.157 e. The second-order valence-electron chi connectivity index (χ2n) is 3.78. The van der Waals surface area contributed by atoms with Crippen molar-refractivity contribution in [2.75, 3.05) is 6.26 Å². The third kappa shape index (κ3) is 3.74. The van der Waals surface area contributed by atoms with Crippen LogP contribution >= 0.6 is 11.6 Å². The number of benzene rings is 1. The Kier molecular flexibility index (Phi) is 4.58. The van der Waals surface area contributed by atoms with Gasteiger partial charge in [-0.1, -0.05) is 23.7 Å². The van der Waals surface area contributed by atoms with E-state index >= 15 is 0 Å². The van der Waals surface area contributed by atoms with Gasteiger partial charge in [-0.15, -0.1) is 12.3 Å². The minimum Gasteiger partial charge on any atom is -0.390 e. The van der Waals surface area contributed by atoms with Crippen molar-refractivity contribution in [1.29, 1.82) is 0 Å². The fourth-order valence-electron chi connectivity index (χ4n) is 1.67. The van der Waals surface area contributed by atoms with E-state index in [1.54, 1.807) is 18.2 Å². The Hall–Kier alpha value is -1.02. The molecule has 0 radical (unpaired) electrons. The predicted molar refractivity (Wildman–Crippen MR) is 68.5 cm³/mol. The van der Waals surface area contributed by atoms with Crippen LogP contribution < -0.4 is 0 Å². The third-order valence-electron chi connectivity index (χ3n) is 2.31. The molecule has 1 rings (SSSR count). The van der Waals surface area contributed by atoms with Gasteiger partial charge in [0.05, 0.1) is 6.10 Å². The highest BCUT2D eigenvalue weighted by atomic mass is 35.5. The van der Waals surface area contributed by atoms with E-state index < -0.39 is 21.2 Å². The summed E-state index contributed by atoms with van der Waals surface area (Å²) in [5, 5.41) is 9.20. The number of rotatable bonds is 4. The SMILES string of the molecule is C#CCC(O)C(c1cccc(Cl)c1)S(C)(=O)=O. The Bertz CT molecular complexity index is 531. The summed E-state index contributed by atoms with van der Waals surface area (Å²) in [5.74, 6) is 2.26. The molecule has 2 atom stereocenters. The maximum absolute atomic E-state index is 11.7. The van der Waals surface area contributed by atoms with Crippen LogP contribution in [0.2, 0.25) is 5.02 Å². The first-order chi connectivity index (χ1) is 7.86. The lowest BCUT2D eigenvalue weighted by Gasteiger charge is -2.20. The zero-order valence-electron chi connectivity index (χ0n) is 9.30. The van der Waals surface area contributed by atoms with E-state index in [0.717, 1.165) is 6.26 Å². The number of halogens is 1. The molecule has 0 fully saturated rings. The molecule has 0 amide bonds. The largest absolute Gasteiger partial charge is 0.390 e. The van der Waals surface area contributed by atoms with Crippen molar-refractivity contribution in [3.63, 3.8) is 0 Å². The normalized spacial score (nSPS) is 14.9. The standard InChI is InChI=1S/C12H13ClO3S/c1-3-5-11(14)12(17(2,15)16)9-6-4-7-10(13)8-9/h1,4,6-8,11-12,14H,5H2,2H3. The number of aliphatic hydroxyl groups is 1. The number of hydrogen-bond donors (Lipinski definition) is 1. The van der Waals surface area contributed by atoms with E-state index in [1.807, 2.05) is 0 Å². The van der Waals surface area contributed by atoms with Crippen LogP contribution in [0.5, 0.6) is 0 Å². The fourth-order valence-corrected chi connectivity index (χ4v) is 3.17. The Morgan fingerprint density at radius 3 is 2.65 bits per heavy atom. The molecular weight excluding hydrogens is 260 g/mol. The van der Waals surface area contributed by atoms with Crippen molar-refractivity contribution in [2.24, 2.45) is 0 Å². The lowest BCUT2D eigenvalue weighted by Crippen LogP contribution is -2.25. The van der Waals surface area contributed by atoms with E-state index in [4.69, 9.17) is 18.0 Å². The van der Waals surface area contributed by atoms with Crippen LogP contribution in [0.25, 0.3) is 0 Å². The van der Waals surface area contributed by atoms with Crippen molar-refractivity contribution in [3.8, 4) is 12.3 Å². The van der Waals surface area contributed by atoms with Crippen LogP contribution in [0.15, 0.2) is 24.3 Å². The van der Waals surface area contributed by atoms with Crippen LogP contribution in [-0.2, 0) is 9.84 Å². The lowest BCUT2D eigenvalue weighted by molar-refractivity contribution is 0.174. The van der Waals surface area contributed by atoms with Gasteiger partial charge in [-0.25, -0.2) is 8.42 Å². The highest BCUT2D eigenvalue weighted by molar-refractivity contribution is 7.91. The molecule has 0 aliphatic carbocycles. The van der Waals surface area contributed by atoms with Gasteiger partial charge < -0.3 is 5.11 Å². The Morgan fingerprint density at radius 2 is 2.18 bits per heavy atom. The molecular formula is C12H13ClO3S. The summed E-state index contributed by atoms with van der Waals surface area (Å²) in [7, 11) is -3.46. The van der Waals surface area contributed by atoms with Gasteiger partial charge in [-0.3, -0.25) is 0 Å². The molecule has 17 heavy (non-hydrogen) atoms. The lowest BCUT2D eigenvalue weighted by atomic mass is 10.1. The predicted octanol–water partition coefficient (Wildman–Crippen LogP) is 1.81.